The number of ether oxygens (including phenoxy) is 3. The van der Waals surface area contributed by atoms with Crippen molar-refractivity contribution >= 4 is 45.9 Å². The summed E-state index contributed by atoms with van der Waals surface area (Å²) in [6.07, 6.45) is 4.44. The Hall–Kier alpha value is -6.47. The number of hydrogen-bond donors (Lipinski definition) is 4. The van der Waals surface area contributed by atoms with E-state index in [1.165, 1.54) is 7.11 Å². The second-order valence-electron chi connectivity index (χ2n) is 12.3. The Kier molecular flexibility index (Phi) is 11.8. The number of benzene rings is 4. The summed E-state index contributed by atoms with van der Waals surface area (Å²) >= 11 is 0. The minimum atomic E-state index is -0.404. The van der Waals surface area contributed by atoms with Crippen molar-refractivity contribution in [3.05, 3.63) is 114 Å². The molecule has 4 N–H and O–H groups in total. The monoisotopic (exact) mass is 714 g/mol. The minimum Gasteiger partial charge on any atom is -0.497 e. The first-order chi connectivity index (χ1) is 25.8. The summed E-state index contributed by atoms with van der Waals surface area (Å²) in [6.45, 7) is 4.94. The van der Waals surface area contributed by atoms with Crippen molar-refractivity contribution in [2.75, 3.05) is 43.3 Å². The number of anilines is 4. The van der Waals surface area contributed by atoms with E-state index in [4.69, 9.17) is 19.3 Å². The van der Waals surface area contributed by atoms with Crippen molar-refractivity contribution in [2.24, 2.45) is 0 Å². The van der Waals surface area contributed by atoms with Gasteiger partial charge < -0.3 is 30.2 Å². The van der Waals surface area contributed by atoms with Gasteiger partial charge in [-0.05, 0) is 56.2 Å². The predicted octanol–water partition coefficient (Wildman–Crippen LogP) is 8.03. The molecule has 53 heavy (non-hydrogen) atoms. The molecule has 13 heteroatoms. The van der Waals surface area contributed by atoms with Crippen LogP contribution >= 0.6 is 0 Å². The van der Waals surface area contributed by atoms with Crippen LogP contribution in [0.2, 0.25) is 0 Å². The molecular formula is C40H42N8O5. The highest BCUT2D eigenvalue weighted by Crippen LogP contribution is 2.34. The Labute approximate surface area is 307 Å². The molecule has 0 saturated carbocycles. The van der Waals surface area contributed by atoms with E-state index in [2.05, 4.69) is 38.2 Å². The molecule has 0 bridgehead atoms. The van der Waals surface area contributed by atoms with Gasteiger partial charge in [-0.25, -0.2) is 14.5 Å². The zero-order valence-electron chi connectivity index (χ0n) is 30.1. The summed E-state index contributed by atoms with van der Waals surface area (Å²) in [7, 11) is 3.10. The van der Waals surface area contributed by atoms with Gasteiger partial charge in [0, 0.05) is 60.1 Å². The first-order valence-electron chi connectivity index (χ1n) is 17.3. The highest BCUT2D eigenvalue weighted by atomic mass is 16.5. The summed E-state index contributed by atoms with van der Waals surface area (Å²) in [5.41, 5.74) is 4.46. The lowest BCUT2D eigenvalue weighted by Crippen LogP contribution is -2.27. The topological polar surface area (TPSA) is 154 Å². The van der Waals surface area contributed by atoms with Gasteiger partial charge in [0.1, 0.15) is 17.3 Å². The first-order valence-corrected chi connectivity index (χ1v) is 17.3. The maximum absolute atomic E-state index is 13.5. The van der Waals surface area contributed by atoms with Gasteiger partial charge in [-0.1, -0.05) is 55.3 Å². The summed E-state index contributed by atoms with van der Waals surface area (Å²) < 4.78 is 18.5. The molecule has 272 valence electrons. The highest BCUT2D eigenvalue weighted by molar-refractivity contribution is 6.07. The molecule has 6 rings (SSSR count). The Morgan fingerprint density at radius 2 is 1.70 bits per heavy atom. The quantitative estimate of drug-likeness (QED) is 0.0774. The molecule has 2 aromatic heterocycles. The number of carbonyl (C=O) groups excluding carboxylic acids is 2. The summed E-state index contributed by atoms with van der Waals surface area (Å²) in [6, 6.07) is 27.4. The normalized spacial score (nSPS) is 10.9. The number of rotatable bonds is 15. The molecular weight excluding hydrogens is 672 g/mol. The third-order valence-electron chi connectivity index (χ3n) is 8.30. The van der Waals surface area contributed by atoms with Crippen LogP contribution in [0.25, 0.3) is 16.5 Å². The SMILES string of the molecule is CCCCc1cc(NC(=O)Nc2ccc(Oc3ccnc(Nc4cc(OC)cc(C(=O)NCCOC)c4)n3)c3ccccc23)n(-c2ccc(C)cc2)n1. The number of urea groups is 1. The third-order valence-corrected chi connectivity index (χ3v) is 8.30. The van der Waals surface area contributed by atoms with E-state index in [0.717, 1.165) is 47.0 Å². The fraction of sp³-hybridized carbons (Fsp3) is 0.225. The number of aromatic nitrogens is 4. The van der Waals surface area contributed by atoms with Gasteiger partial charge in [0.05, 0.1) is 30.8 Å². The lowest BCUT2D eigenvalue weighted by atomic mass is 10.1. The molecule has 2 heterocycles. The van der Waals surface area contributed by atoms with Crippen LogP contribution in [0.1, 0.15) is 41.4 Å². The molecule has 0 fully saturated rings. The molecule has 6 aromatic rings. The van der Waals surface area contributed by atoms with Crippen LogP contribution in [0.4, 0.5) is 27.9 Å². The number of amides is 3. The van der Waals surface area contributed by atoms with Crippen LogP contribution in [0.15, 0.2) is 97.2 Å². The molecule has 13 nitrogen and oxygen atoms in total. The van der Waals surface area contributed by atoms with Gasteiger partial charge in [0.25, 0.3) is 5.91 Å². The van der Waals surface area contributed by atoms with Crippen LogP contribution < -0.4 is 30.7 Å². The molecule has 0 unspecified atom stereocenters. The highest BCUT2D eigenvalue weighted by Gasteiger charge is 2.16. The Morgan fingerprint density at radius 3 is 2.47 bits per heavy atom. The van der Waals surface area contributed by atoms with Crippen molar-refractivity contribution < 1.29 is 23.8 Å². The predicted molar refractivity (Wildman–Crippen MR) is 206 cm³/mol. The van der Waals surface area contributed by atoms with E-state index in [9.17, 15) is 9.59 Å². The molecule has 3 amide bonds. The standard InChI is InChI=1S/C40H42N8O5/c1-5-6-9-28-25-36(48(47-28)30-14-12-26(2)13-15-30)45-40(50)44-34-16-17-35(33-11-8-7-10-32(33)34)53-37-18-19-42-39(46-37)43-29-22-27(23-31(24-29)52-4)38(49)41-20-21-51-3/h7-8,10-19,22-25H,5-6,9,20-21H2,1-4H3,(H,41,49)(H,42,43,46)(H2,44,45,50). The van der Waals surface area contributed by atoms with E-state index in [1.54, 1.807) is 54.4 Å². The van der Waals surface area contributed by atoms with Crippen molar-refractivity contribution in [3.63, 3.8) is 0 Å². The zero-order chi connectivity index (χ0) is 37.2. The first kappa shape index (κ1) is 36.3. The van der Waals surface area contributed by atoms with Crippen molar-refractivity contribution in [1.29, 1.82) is 0 Å². The van der Waals surface area contributed by atoms with E-state index < -0.39 is 6.03 Å². The van der Waals surface area contributed by atoms with E-state index >= 15 is 0 Å². The largest absolute Gasteiger partial charge is 0.497 e. The molecule has 0 aliphatic heterocycles. The molecule has 4 aromatic carbocycles. The number of methoxy groups -OCH3 is 2. The third kappa shape index (κ3) is 9.26. The van der Waals surface area contributed by atoms with Crippen molar-refractivity contribution in [1.82, 2.24) is 25.1 Å². The molecule has 0 aliphatic rings. The summed E-state index contributed by atoms with van der Waals surface area (Å²) in [4.78, 5) is 35.0. The van der Waals surface area contributed by atoms with Crippen molar-refractivity contribution in [2.45, 2.75) is 33.1 Å². The van der Waals surface area contributed by atoms with Gasteiger partial charge in [-0.3, -0.25) is 10.1 Å². The van der Waals surface area contributed by atoms with E-state index in [1.807, 2.05) is 61.5 Å². The van der Waals surface area contributed by atoms with E-state index in [0.29, 0.717) is 47.4 Å². The summed E-state index contributed by atoms with van der Waals surface area (Å²) in [5.74, 6) is 1.87. The number of hydrogen-bond acceptors (Lipinski definition) is 9. The van der Waals surface area contributed by atoms with Crippen LogP contribution in [0.3, 0.4) is 0 Å². The number of fused-ring (bicyclic) bond motifs is 1. The average Bonchev–Trinajstić information content (AvgIpc) is 3.57. The van der Waals surface area contributed by atoms with E-state index in [-0.39, 0.29) is 17.7 Å². The van der Waals surface area contributed by atoms with Crippen LogP contribution in [0, 0.1) is 6.92 Å². The van der Waals surface area contributed by atoms with Crippen LogP contribution in [-0.2, 0) is 11.2 Å². The zero-order valence-corrected chi connectivity index (χ0v) is 30.1. The number of carbonyl (C=O) groups is 2. The Morgan fingerprint density at radius 1 is 0.887 bits per heavy atom. The van der Waals surface area contributed by atoms with Gasteiger partial charge in [0.2, 0.25) is 11.8 Å². The number of nitrogens with one attached hydrogen (secondary N) is 4. The molecule has 0 atom stereocenters. The minimum absolute atomic E-state index is 0.253. The average molecular weight is 715 g/mol. The molecule has 0 saturated heterocycles. The lowest BCUT2D eigenvalue weighted by molar-refractivity contribution is 0.0936. The fourth-order valence-electron chi connectivity index (χ4n) is 5.61. The van der Waals surface area contributed by atoms with Gasteiger partial charge in [0.15, 0.2) is 0 Å². The van der Waals surface area contributed by atoms with Crippen LogP contribution in [-0.4, -0.2) is 59.1 Å². The van der Waals surface area contributed by atoms with Gasteiger partial charge in [-0.2, -0.15) is 10.1 Å². The van der Waals surface area contributed by atoms with Gasteiger partial charge in [-0.15, -0.1) is 0 Å². The molecule has 0 aliphatic carbocycles. The van der Waals surface area contributed by atoms with Crippen molar-refractivity contribution in [3.8, 4) is 23.1 Å². The number of nitrogens with zero attached hydrogens (tertiary/aromatic N) is 4. The molecule has 0 radical (unpaired) electrons. The second kappa shape index (κ2) is 17.2. The lowest BCUT2D eigenvalue weighted by Gasteiger charge is -2.14. The Balaban J connectivity index is 1.19. The second-order valence-corrected chi connectivity index (χ2v) is 12.3. The summed E-state index contributed by atoms with van der Waals surface area (Å²) in [5, 5.41) is 18.3. The fourth-order valence-corrected chi connectivity index (χ4v) is 5.61. The smallest absolute Gasteiger partial charge is 0.324 e. The maximum atomic E-state index is 13.5. The molecule has 0 spiro atoms. The maximum Gasteiger partial charge on any atom is 0.324 e. The Bertz CT molecular complexity index is 2200. The number of unbranched alkanes of at least 4 members (excludes halogenated alkanes) is 1. The number of aryl methyl sites for hydroxylation is 2. The van der Waals surface area contributed by atoms with Crippen LogP contribution in [0.5, 0.6) is 17.4 Å². The van der Waals surface area contributed by atoms with Gasteiger partial charge >= 0.3 is 6.03 Å².